The molecular weight excluding hydrogens is 314 g/mol. The Morgan fingerprint density at radius 1 is 1.04 bits per heavy atom. The Bertz CT molecular complexity index is 743. The Morgan fingerprint density at radius 2 is 1.76 bits per heavy atom. The molecule has 0 spiro atoms. The van der Waals surface area contributed by atoms with E-state index in [0.29, 0.717) is 5.69 Å². The number of carbonyl (C=O) groups excluding carboxylic acids is 2. The Hall–Kier alpha value is -2.82. The molecule has 0 aliphatic rings. The van der Waals surface area contributed by atoms with E-state index in [9.17, 15) is 9.59 Å². The van der Waals surface area contributed by atoms with Gasteiger partial charge >= 0.3 is 0 Å². The molecule has 2 aromatic rings. The Labute approximate surface area is 148 Å². The van der Waals surface area contributed by atoms with Gasteiger partial charge in [-0.3, -0.25) is 9.59 Å². The van der Waals surface area contributed by atoms with E-state index in [1.54, 1.807) is 12.1 Å². The predicted octanol–water partition coefficient (Wildman–Crippen LogP) is 3.11. The minimum atomic E-state index is -0.125. The highest BCUT2D eigenvalue weighted by molar-refractivity contribution is 5.89. The van der Waals surface area contributed by atoms with Gasteiger partial charge in [-0.25, -0.2) is 0 Å². The van der Waals surface area contributed by atoms with E-state index in [1.165, 1.54) is 18.1 Å². The summed E-state index contributed by atoms with van der Waals surface area (Å²) in [6, 6.07) is 15.5. The molecule has 0 fully saturated rings. The average Bonchev–Trinajstić information content (AvgIpc) is 2.55. The van der Waals surface area contributed by atoms with Gasteiger partial charge < -0.3 is 16.0 Å². The number of anilines is 2. The van der Waals surface area contributed by atoms with Gasteiger partial charge in [0.2, 0.25) is 11.8 Å². The molecule has 3 N–H and O–H groups in total. The summed E-state index contributed by atoms with van der Waals surface area (Å²) in [5, 5.41) is 8.79. The first-order chi connectivity index (χ1) is 11.9. The second kappa shape index (κ2) is 8.87. The molecule has 0 aliphatic carbocycles. The third kappa shape index (κ3) is 6.30. The molecule has 0 radical (unpaired) electrons. The second-order valence-electron chi connectivity index (χ2n) is 6.21. The van der Waals surface area contributed by atoms with Gasteiger partial charge in [0, 0.05) is 24.3 Å². The number of hydrogen-bond donors (Lipinski definition) is 3. The maximum atomic E-state index is 12.1. The maximum absolute atomic E-state index is 12.1. The van der Waals surface area contributed by atoms with Crippen LogP contribution in [0.2, 0.25) is 0 Å². The second-order valence-corrected chi connectivity index (χ2v) is 6.21. The standard InChI is InChI=1S/C20H25N3O2/c1-14-7-4-5-8-17(14)11-15(2)22-20(25)13-21-18-9-6-10-19(12-18)23-16(3)24/h4-10,12,15,21H,11,13H2,1-3H3,(H,22,25)(H,23,24)/t15-/m0/s1. The van der Waals surface area contributed by atoms with Crippen LogP contribution in [0.15, 0.2) is 48.5 Å². The number of nitrogens with one attached hydrogen (secondary N) is 3. The molecule has 0 aliphatic heterocycles. The van der Waals surface area contributed by atoms with Crippen molar-refractivity contribution in [1.82, 2.24) is 5.32 Å². The molecule has 0 saturated heterocycles. The lowest BCUT2D eigenvalue weighted by Crippen LogP contribution is -2.37. The Balaban J connectivity index is 1.82. The zero-order valence-electron chi connectivity index (χ0n) is 14.9. The molecule has 0 heterocycles. The molecule has 2 amide bonds. The number of hydrogen-bond acceptors (Lipinski definition) is 3. The van der Waals surface area contributed by atoms with Crippen LogP contribution in [0.4, 0.5) is 11.4 Å². The van der Waals surface area contributed by atoms with Gasteiger partial charge in [-0.15, -0.1) is 0 Å². The molecule has 2 aromatic carbocycles. The lowest BCUT2D eigenvalue weighted by Gasteiger charge is -2.16. The van der Waals surface area contributed by atoms with Gasteiger partial charge in [0.15, 0.2) is 0 Å². The number of carbonyl (C=O) groups is 2. The van der Waals surface area contributed by atoms with Gasteiger partial charge in [0.05, 0.1) is 6.54 Å². The largest absolute Gasteiger partial charge is 0.376 e. The van der Waals surface area contributed by atoms with Gasteiger partial charge in [-0.05, 0) is 49.6 Å². The molecule has 2 rings (SSSR count). The molecule has 25 heavy (non-hydrogen) atoms. The van der Waals surface area contributed by atoms with Crippen molar-refractivity contribution in [2.45, 2.75) is 33.2 Å². The third-order valence-electron chi connectivity index (χ3n) is 3.83. The van der Waals surface area contributed by atoms with Crippen LogP contribution in [-0.4, -0.2) is 24.4 Å². The first-order valence-corrected chi connectivity index (χ1v) is 8.39. The predicted molar refractivity (Wildman–Crippen MR) is 102 cm³/mol. The number of amides is 2. The fourth-order valence-corrected chi connectivity index (χ4v) is 2.64. The van der Waals surface area contributed by atoms with Crippen LogP contribution in [0.5, 0.6) is 0 Å². The number of rotatable bonds is 7. The Morgan fingerprint density at radius 3 is 2.48 bits per heavy atom. The van der Waals surface area contributed by atoms with Crippen LogP contribution in [0.3, 0.4) is 0 Å². The highest BCUT2D eigenvalue weighted by atomic mass is 16.2. The lowest BCUT2D eigenvalue weighted by atomic mass is 10.0. The van der Waals surface area contributed by atoms with Crippen molar-refractivity contribution in [2.24, 2.45) is 0 Å². The lowest BCUT2D eigenvalue weighted by molar-refractivity contribution is -0.120. The Kier molecular flexibility index (Phi) is 6.57. The van der Waals surface area contributed by atoms with E-state index in [2.05, 4.69) is 35.0 Å². The van der Waals surface area contributed by atoms with Crippen LogP contribution >= 0.6 is 0 Å². The molecular formula is C20H25N3O2. The quantitative estimate of drug-likeness (QED) is 0.726. The maximum Gasteiger partial charge on any atom is 0.239 e. The van der Waals surface area contributed by atoms with Gasteiger partial charge in [0.25, 0.3) is 0 Å². The van der Waals surface area contributed by atoms with Gasteiger partial charge in [-0.2, -0.15) is 0 Å². The summed E-state index contributed by atoms with van der Waals surface area (Å²) < 4.78 is 0. The zero-order valence-corrected chi connectivity index (χ0v) is 14.9. The number of aryl methyl sites for hydroxylation is 1. The molecule has 0 unspecified atom stereocenters. The van der Waals surface area contributed by atoms with Crippen LogP contribution < -0.4 is 16.0 Å². The van der Waals surface area contributed by atoms with Crippen molar-refractivity contribution >= 4 is 23.2 Å². The summed E-state index contributed by atoms with van der Waals surface area (Å²) in [5.41, 5.74) is 3.96. The minimum Gasteiger partial charge on any atom is -0.376 e. The topological polar surface area (TPSA) is 70.2 Å². The molecule has 0 saturated carbocycles. The zero-order chi connectivity index (χ0) is 18.2. The van der Waals surface area contributed by atoms with Crippen molar-refractivity contribution in [1.29, 1.82) is 0 Å². The highest BCUT2D eigenvalue weighted by Gasteiger charge is 2.09. The first kappa shape index (κ1) is 18.5. The van der Waals surface area contributed by atoms with Crippen LogP contribution in [0, 0.1) is 6.92 Å². The van der Waals surface area contributed by atoms with E-state index >= 15 is 0 Å². The van der Waals surface area contributed by atoms with Crippen molar-refractivity contribution in [3.8, 4) is 0 Å². The van der Waals surface area contributed by atoms with E-state index < -0.39 is 0 Å². The molecule has 132 valence electrons. The monoisotopic (exact) mass is 339 g/mol. The van der Waals surface area contributed by atoms with Crippen molar-refractivity contribution in [3.05, 3.63) is 59.7 Å². The molecule has 5 heteroatoms. The summed E-state index contributed by atoms with van der Waals surface area (Å²) in [6.07, 6.45) is 0.802. The fraction of sp³-hybridized carbons (Fsp3) is 0.300. The smallest absolute Gasteiger partial charge is 0.239 e. The van der Waals surface area contributed by atoms with Crippen LogP contribution in [0.1, 0.15) is 25.0 Å². The fourth-order valence-electron chi connectivity index (χ4n) is 2.64. The SMILES string of the molecule is CC(=O)Nc1cccc(NCC(=O)N[C@@H](C)Cc2ccccc2C)c1. The third-order valence-corrected chi connectivity index (χ3v) is 3.83. The summed E-state index contributed by atoms with van der Waals surface area (Å²) in [7, 11) is 0. The summed E-state index contributed by atoms with van der Waals surface area (Å²) in [4.78, 5) is 23.2. The average molecular weight is 339 g/mol. The van der Waals surface area contributed by atoms with Crippen molar-refractivity contribution in [3.63, 3.8) is 0 Å². The normalized spacial score (nSPS) is 11.5. The van der Waals surface area contributed by atoms with E-state index in [4.69, 9.17) is 0 Å². The van der Waals surface area contributed by atoms with E-state index in [-0.39, 0.29) is 24.4 Å². The molecule has 0 aromatic heterocycles. The summed E-state index contributed by atoms with van der Waals surface area (Å²) in [5.74, 6) is -0.189. The first-order valence-electron chi connectivity index (χ1n) is 8.39. The van der Waals surface area contributed by atoms with Gasteiger partial charge in [-0.1, -0.05) is 30.3 Å². The van der Waals surface area contributed by atoms with E-state index in [0.717, 1.165) is 12.1 Å². The van der Waals surface area contributed by atoms with Crippen molar-refractivity contribution in [2.75, 3.05) is 17.2 Å². The molecule has 5 nitrogen and oxygen atoms in total. The minimum absolute atomic E-state index is 0.0566. The van der Waals surface area contributed by atoms with Crippen LogP contribution in [-0.2, 0) is 16.0 Å². The van der Waals surface area contributed by atoms with Gasteiger partial charge in [0.1, 0.15) is 0 Å². The van der Waals surface area contributed by atoms with E-state index in [1.807, 2.05) is 31.2 Å². The summed E-state index contributed by atoms with van der Waals surface area (Å²) in [6.45, 7) is 5.72. The summed E-state index contributed by atoms with van der Waals surface area (Å²) >= 11 is 0. The highest BCUT2D eigenvalue weighted by Crippen LogP contribution is 2.14. The van der Waals surface area contributed by atoms with Crippen molar-refractivity contribution < 1.29 is 9.59 Å². The van der Waals surface area contributed by atoms with Crippen LogP contribution in [0.25, 0.3) is 0 Å². The molecule has 1 atom stereocenters. The molecule has 0 bridgehead atoms. The number of benzene rings is 2.